The molecular formula is C15H16ClN3O3. The molecule has 6 nitrogen and oxygen atoms in total. The van der Waals surface area contributed by atoms with Crippen molar-refractivity contribution in [2.45, 2.75) is 26.0 Å². The minimum atomic E-state index is -0.191. The van der Waals surface area contributed by atoms with Gasteiger partial charge < -0.3 is 14.0 Å². The van der Waals surface area contributed by atoms with Crippen molar-refractivity contribution in [1.29, 1.82) is 0 Å². The molecule has 0 N–H and O–H groups in total. The van der Waals surface area contributed by atoms with Gasteiger partial charge in [0.1, 0.15) is 18.2 Å². The first-order chi connectivity index (χ1) is 10.7. The number of carbonyl (C=O) groups is 1. The van der Waals surface area contributed by atoms with Gasteiger partial charge in [-0.3, -0.25) is 4.79 Å². The summed E-state index contributed by atoms with van der Waals surface area (Å²) in [7, 11) is 1.41. The molecule has 2 aromatic rings. The van der Waals surface area contributed by atoms with E-state index in [2.05, 4.69) is 10.2 Å². The van der Waals surface area contributed by atoms with E-state index in [1.54, 1.807) is 24.3 Å². The van der Waals surface area contributed by atoms with Crippen LogP contribution in [-0.2, 0) is 29.1 Å². The Morgan fingerprint density at radius 2 is 2.14 bits per heavy atom. The van der Waals surface area contributed by atoms with Gasteiger partial charge in [-0.05, 0) is 30.7 Å². The van der Waals surface area contributed by atoms with Gasteiger partial charge in [0.15, 0.2) is 5.82 Å². The van der Waals surface area contributed by atoms with Gasteiger partial charge in [-0.1, -0.05) is 11.6 Å². The number of benzene rings is 1. The van der Waals surface area contributed by atoms with E-state index < -0.39 is 0 Å². The third kappa shape index (κ3) is 3.06. The van der Waals surface area contributed by atoms with E-state index in [9.17, 15) is 4.79 Å². The van der Waals surface area contributed by atoms with Crippen LogP contribution < -0.4 is 4.74 Å². The second kappa shape index (κ2) is 6.36. The van der Waals surface area contributed by atoms with Crippen LogP contribution in [0.15, 0.2) is 24.3 Å². The highest BCUT2D eigenvalue weighted by Crippen LogP contribution is 2.22. The molecule has 1 unspecified atom stereocenters. The average Bonchev–Trinajstić information content (AvgIpc) is 2.96. The maximum absolute atomic E-state index is 11.7. The maximum Gasteiger partial charge on any atom is 0.310 e. The average molecular weight is 322 g/mol. The van der Waals surface area contributed by atoms with Crippen molar-refractivity contribution in [1.82, 2.24) is 14.8 Å². The molecule has 0 fully saturated rings. The van der Waals surface area contributed by atoms with Crippen LogP contribution in [-0.4, -0.2) is 27.8 Å². The minimum Gasteiger partial charge on any atom is -0.486 e. The zero-order chi connectivity index (χ0) is 15.5. The molecule has 22 heavy (non-hydrogen) atoms. The Labute approximate surface area is 133 Å². The number of halogens is 1. The first kappa shape index (κ1) is 14.8. The monoisotopic (exact) mass is 321 g/mol. The number of fused-ring (bicyclic) bond motifs is 1. The first-order valence-corrected chi connectivity index (χ1v) is 7.42. The number of methoxy groups -OCH3 is 1. The van der Waals surface area contributed by atoms with E-state index in [-0.39, 0.29) is 11.9 Å². The summed E-state index contributed by atoms with van der Waals surface area (Å²) in [5, 5.41) is 8.98. The summed E-state index contributed by atoms with van der Waals surface area (Å²) in [5.74, 6) is 1.96. The molecular weight excluding hydrogens is 306 g/mol. The zero-order valence-electron chi connectivity index (χ0n) is 12.2. The largest absolute Gasteiger partial charge is 0.486 e. The molecule has 1 aromatic carbocycles. The number of esters is 1. The molecule has 2 heterocycles. The van der Waals surface area contributed by atoms with E-state index >= 15 is 0 Å². The molecule has 7 heteroatoms. The fourth-order valence-corrected chi connectivity index (χ4v) is 2.65. The number of hydrogen-bond donors (Lipinski definition) is 0. The summed E-state index contributed by atoms with van der Waals surface area (Å²) in [6, 6.07) is 7.13. The van der Waals surface area contributed by atoms with Crippen molar-refractivity contribution in [3.05, 3.63) is 40.9 Å². The Balaban J connectivity index is 1.70. The zero-order valence-corrected chi connectivity index (χ0v) is 12.9. The van der Waals surface area contributed by atoms with Gasteiger partial charge in [-0.15, -0.1) is 10.2 Å². The normalized spacial score (nSPS) is 16.9. The van der Waals surface area contributed by atoms with E-state index in [1.165, 1.54) is 7.11 Å². The lowest BCUT2D eigenvalue weighted by Crippen LogP contribution is -2.29. The van der Waals surface area contributed by atoms with Gasteiger partial charge in [0.2, 0.25) is 0 Å². The lowest BCUT2D eigenvalue weighted by Gasteiger charge is -2.22. The smallest absolute Gasteiger partial charge is 0.310 e. The first-order valence-electron chi connectivity index (χ1n) is 7.04. The second-order valence-corrected chi connectivity index (χ2v) is 5.58. The summed E-state index contributed by atoms with van der Waals surface area (Å²) < 4.78 is 12.5. The second-order valence-electron chi connectivity index (χ2n) is 5.14. The quantitative estimate of drug-likeness (QED) is 0.808. The molecule has 116 valence electrons. The van der Waals surface area contributed by atoms with Crippen molar-refractivity contribution >= 4 is 17.6 Å². The fraction of sp³-hybridized carbons (Fsp3) is 0.400. The van der Waals surface area contributed by atoms with Gasteiger partial charge in [-0.25, -0.2) is 0 Å². The maximum atomic E-state index is 11.7. The van der Waals surface area contributed by atoms with E-state index in [0.717, 1.165) is 12.2 Å². The van der Waals surface area contributed by atoms with Gasteiger partial charge in [0, 0.05) is 18.0 Å². The molecule has 3 rings (SSSR count). The molecule has 1 aromatic heterocycles. The summed E-state index contributed by atoms with van der Waals surface area (Å²) in [6.07, 6.45) is 1.45. The van der Waals surface area contributed by atoms with Gasteiger partial charge in [-0.2, -0.15) is 0 Å². The predicted octanol–water partition coefficient (Wildman–Crippen LogP) is 2.25. The highest BCUT2D eigenvalue weighted by atomic mass is 35.5. The van der Waals surface area contributed by atoms with Crippen LogP contribution in [0.25, 0.3) is 0 Å². The Hall–Kier alpha value is -2.08. The van der Waals surface area contributed by atoms with Crippen LogP contribution in [0.2, 0.25) is 5.02 Å². The molecule has 1 aliphatic heterocycles. The Morgan fingerprint density at radius 3 is 2.86 bits per heavy atom. The number of aryl methyl sites for hydroxylation is 1. The Morgan fingerprint density at radius 1 is 1.36 bits per heavy atom. The molecule has 0 amide bonds. The van der Waals surface area contributed by atoms with Crippen molar-refractivity contribution in [2.24, 2.45) is 5.92 Å². The summed E-state index contributed by atoms with van der Waals surface area (Å²) in [6.45, 7) is 0.830. The predicted molar refractivity (Wildman–Crippen MR) is 79.6 cm³/mol. The third-order valence-corrected chi connectivity index (χ3v) is 3.99. The molecule has 0 saturated carbocycles. The highest BCUT2D eigenvalue weighted by Gasteiger charge is 2.28. The van der Waals surface area contributed by atoms with Crippen molar-refractivity contribution in [3.63, 3.8) is 0 Å². The van der Waals surface area contributed by atoms with Crippen LogP contribution in [0.5, 0.6) is 5.75 Å². The van der Waals surface area contributed by atoms with Crippen LogP contribution in [0, 0.1) is 5.92 Å². The molecule has 0 aliphatic carbocycles. The number of aromatic nitrogens is 3. The van der Waals surface area contributed by atoms with Crippen molar-refractivity contribution in [3.8, 4) is 5.75 Å². The van der Waals surface area contributed by atoms with Crippen molar-refractivity contribution in [2.75, 3.05) is 7.11 Å². The van der Waals surface area contributed by atoms with Gasteiger partial charge in [0.05, 0.1) is 13.0 Å². The van der Waals surface area contributed by atoms with Crippen LogP contribution in [0.3, 0.4) is 0 Å². The number of hydrogen-bond acceptors (Lipinski definition) is 5. The molecule has 0 spiro atoms. The van der Waals surface area contributed by atoms with E-state index in [4.69, 9.17) is 21.1 Å². The topological polar surface area (TPSA) is 66.2 Å². The molecule has 1 atom stereocenters. The van der Waals surface area contributed by atoms with Crippen molar-refractivity contribution < 1.29 is 14.3 Å². The van der Waals surface area contributed by atoms with Crippen LogP contribution >= 0.6 is 11.6 Å². The summed E-state index contributed by atoms with van der Waals surface area (Å²) >= 11 is 5.84. The number of carbonyl (C=O) groups excluding carboxylic acids is 1. The number of ether oxygens (including phenoxy) is 2. The minimum absolute atomic E-state index is 0.150. The number of nitrogens with zero attached hydrogens (tertiary/aromatic N) is 3. The van der Waals surface area contributed by atoms with E-state index in [0.29, 0.717) is 36.2 Å². The number of rotatable bonds is 4. The highest BCUT2D eigenvalue weighted by molar-refractivity contribution is 6.30. The summed E-state index contributed by atoms with van der Waals surface area (Å²) in [4.78, 5) is 11.7. The third-order valence-electron chi connectivity index (χ3n) is 3.74. The summed E-state index contributed by atoms with van der Waals surface area (Å²) in [5.41, 5.74) is 0. The molecule has 0 saturated heterocycles. The lowest BCUT2D eigenvalue weighted by atomic mass is 9.99. The molecule has 1 aliphatic rings. The standard InChI is InChI=1S/C15H16ClN3O3/c1-21-15(20)10-2-7-13-17-18-14(19(13)8-10)9-22-12-5-3-11(16)4-6-12/h3-6,10H,2,7-9H2,1H3. The van der Waals surface area contributed by atoms with Gasteiger partial charge >= 0.3 is 5.97 Å². The Bertz CT molecular complexity index is 669. The van der Waals surface area contributed by atoms with Gasteiger partial charge in [0.25, 0.3) is 0 Å². The van der Waals surface area contributed by atoms with Crippen LogP contribution in [0.1, 0.15) is 18.1 Å². The Kier molecular flexibility index (Phi) is 4.29. The van der Waals surface area contributed by atoms with Crippen LogP contribution in [0.4, 0.5) is 0 Å². The molecule has 0 radical (unpaired) electrons. The fourth-order valence-electron chi connectivity index (χ4n) is 2.53. The van der Waals surface area contributed by atoms with E-state index in [1.807, 2.05) is 4.57 Å². The SMILES string of the molecule is COC(=O)C1CCc2nnc(COc3ccc(Cl)cc3)n2C1. The molecule has 0 bridgehead atoms. The lowest BCUT2D eigenvalue weighted by molar-refractivity contribution is -0.146.